The summed E-state index contributed by atoms with van der Waals surface area (Å²) >= 11 is 5.97. The second-order valence-corrected chi connectivity index (χ2v) is 8.18. The maximum atomic E-state index is 12.7. The maximum absolute atomic E-state index is 12.7. The van der Waals surface area contributed by atoms with Crippen LogP contribution in [0.15, 0.2) is 42.5 Å². The molecule has 2 aromatic rings. The molecule has 0 atom stereocenters. The lowest BCUT2D eigenvalue weighted by Gasteiger charge is -2.36. The summed E-state index contributed by atoms with van der Waals surface area (Å²) in [6.45, 7) is 6.89. The highest BCUT2D eigenvalue weighted by atomic mass is 35.5. The van der Waals surface area contributed by atoms with Crippen LogP contribution in [-0.2, 0) is 11.2 Å². The molecule has 2 aliphatic heterocycles. The number of benzene rings is 2. The predicted molar refractivity (Wildman–Crippen MR) is 117 cm³/mol. The van der Waals surface area contributed by atoms with E-state index in [0.29, 0.717) is 13.0 Å². The summed E-state index contributed by atoms with van der Waals surface area (Å²) in [5.41, 5.74) is 4.01. The fourth-order valence-electron chi connectivity index (χ4n) is 4.19. The maximum Gasteiger partial charge on any atom is 0.223 e. The average molecular weight is 412 g/mol. The van der Waals surface area contributed by atoms with Gasteiger partial charge in [-0.15, -0.1) is 0 Å². The van der Waals surface area contributed by atoms with E-state index in [9.17, 15) is 9.59 Å². The minimum atomic E-state index is 0.0561. The molecule has 0 radical (unpaired) electrons. The number of carbonyl (C=O) groups is 2. The molecule has 1 saturated heterocycles. The number of rotatable bonds is 5. The number of ketones is 1. The summed E-state index contributed by atoms with van der Waals surface area (Å²) in [7, 11) is 0. The summed E-state index contributed by atoms with van der Waals surface area (Å²) in [4.78, 5) is 30.9. The van der Waals surface area contributed by atoms with E-state index in [1.807, 2.05) is 30.3 Å². The van der Waals surface area contributed by atoms with Crippen molar-refractivity contribution in [1.29, 1.82) is 0 Å². The Kier molecular flexibility index (Phi) is 5.88. The van der Waals surface area contributed by atoms with Gasteiger partial charge in [0.2, 0.25) is 5.91 Å². The van der Waals surface area contributed by atoms with Crippen LogP contribution in [0.4, 0.5) is 11.4 Å². The molecular formula is C23H26ClN3O2. The third kappa shape index (κ3) is 4.46. The van der Waals surface area contributed by atoms with E-state index in [-0.39, 0.29) is 11.7 Å². The molecule has 2 aromatic carbocycles. The smallest absolute Gasteiger partial charge is 0.223 e. The lowest BCUT2D eigenvalue weighted by Crippen LogP contribution is -2.46. The highest BCUT2D eigenvalue weighted by Crippen LogP contribution is 2.29. The molecule has 4 rings (SSSR count). The Bertz CT molecular complexity index is 905. The summed E-state index contributed by atoms with van der Waals surface area (Å²) in [6.07, 6.45) is 1.35. The molecule has 152 valence electrons. The number of halogens is 1. The van der Waals surface area contributed by atoms with Crippen molar-refractivity contribution in [3.05, 3.63) is 58.6 Å². The summed E-state index contributed by atoms with van der Waals surface area (Å²) in [5, 5.41) is 0.756. The molecule has 6 heteroatoms. The Balaban J connectivity index is 1.28. The number of anilines is 2. The fraction of sp³-hybridized carbons (Fsp3) is 0.391. The van der Waals surface area contributed by atoms with Crippen molar-refractivity contribution in [3.63, 3.8) is 0 Å². The monoisotopic (exact) mass is 411 g/mol. The number of hydrogen-bond donors (Lipinski definition) is 0. The van der Waals surface area contributed by atoms with Crippen molar-refractivity contribution in [2.24, 2.45) is 0 Å². The number of piperazine rings is 1. The number of amides is 1. The molecule has 0 unspecified atom stereocenters. The van der Waals surface area contributed by atoms with Gasteiger partial charge in [-0.25, -0.2) is 0 Å². The third-order valence-electron chi connectivity index (χ3n) is 5.90. The SMILES string of the molecule is CC(=O)N1CCc2cc(C(=O)CCN3CCN(c4ccc(Cl)cc4)CC3)ccc21. The first-order valence-electron chi connectivity index (χ1n) is 10.2. The molecule has 1 fully saturated rings. The highest BCUT2D eigenvalue weighted by Gasteiger charge is 2.23. The van der Waals surface area contributed by atoms with Crippen LogP contribution < -0.4 is 9.80 Å². The van der Waals surface area contributed by atoms with Crippen molar-refractivity contribution >= 4 is 34.7 Å². The van der Waals surface area contributed by atoms with Gasteiger partial charge in [0.1, 0.15) is 0 Å². The molecule has 1 amide bonds. The highest BCUT2D eigenvalue weighted by molar-refractivity contribution is 6.30. The van der Waals surface area contributed by atoms with E-state index in [1.54, 1.807) is 11.8 Å². The van der Waals surface area contributed by atoms with Gasteiger partial charge in [0, 0.05) is 74.6 Å². The van der Waals surface area contributed by atoms with Crippen LogP contribution in [0.25, 0.3) is 0 Å². The lowest BCUT2D eigenvalue weighted by atomic mass is 10.0. The molecule has 0 saturated carbocycles. The van der Waals surface area contributed by atoms with Crippen LogP contribution in [-0.4, -0.2) is 55.9 Å². The van der Waals surface area contributed by atoms with Crippen LogP contribution in [0, 0.1) is 0 Å². The van der Waals surface area contributed by atoms with Crippen LogP contribution in [0.2, 0.25) is 5.02 Å². The molecule has 2 heterocycles. The normalized spacial score (nSPS) is 16.8. The number of hydrogen-bond acceptors (Lipinski definition) is 4. The molecule has 29 heavy (non-hydrogen) atoms. The second-order valence-electron chi connectivity index (χ2n) is 7.74. The summed E-state index contributed by atoms with van der Waals surface area (Å²) in [6, 6.07) is 13.7. The molecule has 0 N–H and O–H groups in total. The number of fused-ring (bicyclic) bond motifs is 1. The van der Waals surface area contributed by atoms with Crippen molar-refractivity contribution < 1.29 is 9.59 Å². The van der Waals surface area contributed by atoms with Crippen molar-refractivity contribution in [2.75, 3.05) is 49.1 Å². The van der Waals surface area contributed by atoms with E-state index >= 15 is 0 Å². The minimum Gasteiger partial charge on any atom is -0.369 e. The summed E-state index contributed by atoms with van der Waals surface area (Å²) in [5.74, 6) is 0.231. The molecule has 0 spiro atoms. The Morgan fingerprint density at radius 2 is 1.69 bits per heavy atom. The molecule has 0 bridgehead atoms. The lowest BCUT2D eigenvalue weighted by molar-refractivity contribution is -0.116. The van der Waals surface area contributed by atoms with E-state index in [4.69, 9.17) is 11.6 Å². The van der Waals surface area contributed by atoms with Gasteiger partial charge in [-0.1, -0.05) is 11.6 Å². The minimum absolute atomic E-state index is 0.0561. The molecule has 0 aromatic heterocycles. The van der Waals surface area contributed by atoms with Crippen LogP contribution in [0.5, 0.6) is 0 Å². The standard InChI is InChI=1S/C23H26ClN3O2/c1-17(28)27-11-8-18-16-19(2-7-22(18)27)23(29)9-10-25-12-14-26(15-13-25)21-5-3-20(24)4-6-21/h2-7,16H,8-15H2,1H3. The van der Waals surface area contributed by atoms with Gasteiger partial charge in [0.05, 0.1) is 0 Å². The first kappa shape index (κ1) is 19.9. The summed E-state index contributed by atoms with van der Waals surface area (Å²) < 4.78 is 0. The van der Waals surface area contributed by atoms with E-state index < -0.39 is 0 Å². The van der Waals surface area contributed by atoms with E-state index in [2.05, 4.69) is 21.9 Å². The third-order valence-corrected chi connectivity index (χ3v) is 6.15. The van der Waals surface area contributed by atoms with Gasteiger partial charge in [0.25, 0.3) is 0 Å². The zero-order valence-corrected chi connectivity index (χ0v) is 17.5. The van der Waals surface area contributed by atoms with Crippen LogP contribution >= 0.6 is 11.6 Å². The first-order chi connectivity index (χ1) is 14.0. The first-order valence-corrected chi connectivity index (χ1v) is 10.6. The largest absolute Gasteiger partial charge is 0.369 e. The fourth-order valence-corrected chi connectivity index (χ4v) is 4.31. The zero-order valence-electron chi connectivity index (χ0n) is 16.7. The molecular weight excluding hydrogens is 386 g/mol. The molecule has 2 aliphatic rings. The van der Waals surface area contributed by atoms with E-state index in [0.717, 1.165) is 61.0 Å². The van der Waals surface area contributed by atoms with Gasteiger partial charge in [-0.05, 0) is 54.4 Å². The van der Waals surface area contributed by atoms with Crippen molar-refractivity contribution in [2.45, 2.75) is 19.8 Å². The Morgan fingerprint density at radius 3 is 2.38 bits per heavy atom. The Labute approximate surface area is 176 Å². The van der Waals surface area contributed by atoms with Crippen molar-refractivity contribution in [3.8, 4) is 0 Å². The van der Waals surface area contributed by atoms with Gasteiger partial charge < -0.3 is 9.80 Å². The Hall–Kier alpha value is -2.37. The van der Waals surface area contributed by atoms with Crippen molar-refractivity contribution in [1.82, 2.24) is 4.90 Å². The topological polar surface area (TPSA) is 43.9 Å². The number of carbonyl (C=O) groups excluding carboxylic acids is 2. The van der Waals surface area contributed by atoms with E-state index in [1.165, 1.54) is 5.69 Å². The van der Waals surface area contributed by atoms with Gasteiger partial charge in [-0.3, -0.25) is 14.5 Å². The number of nitrogens with zero attached hydrogens (tertiary/aromatic N) is 3. The van der Waals surface area contributed by atoms with Crippen LogP contribution in [0.1, 0.15) is 29.3 Å². The molecule has 5 nitrogen and oxygen atoms in total. The predicted octanol–water partition coefficient (Wildman–Crippen LogP) is 3.64. The second kappa shape index (κ2) is 8.56. The Morgan fingerprint density at radius 1 is 0.966 bits per heavy atom. The average Bonchev–Trinajstić information content (AvgIpc) is 3.16. The van der Waals surface area contributed by atoms with Gasteiger partial charge >= 0.3 is 0 Å². The van der Waals surface area contributed by atoms with Crippen LogP contribution in [0.3, 0.4) is 0 Å². The van der Waals surface area contributed by atoms with Gasteiger partial charge in [-0.2, -0.15) is 0 Å². The number of Topliss-reactive ketones (excluding diaryl/α,β-unsaturated/α-hetero) is 1. The van der Waals surface area contributed by atoms with Gasteiger partial charge in [0.15, 0.2) is 5.78 Å². The zero-order chi connectivity index (χ0) is 20.4. The quantitative estimate of drug-likeness (QED) is 0.704. The molecule has 0 aliphatic carbocycles.